The lowest BCUT2D eigenvalue weighted by atomic mass is 10.2. The first-order valence-electron chi connectivity index (χ1n) is 7.86. The molecule has 2 aromatic carbocycles. The summed E-state index contributed by atoms with van der Waals surface area (Å²) in [4.78, 5) is 23.5. The van der Waals surface area contributed by atoms with Crippen molar-refractivity contribution in [2.75, 3.05) is 5.32 Å². The van der Waals surface area contributed by atoms with Crippen LogP contribution in [0.2, 0.25) is 5.02 Å². The van der Waals surface area contributed by atoms with Gasteiger partial charge in [-0.05, 0) is 65.9 Å². The molecule has 10 heteroatoms. The van der Waals surface area contributed by atoms with E-state index in [1.165, 1.54) is 16.4 Å². The lowest BCUT2D eigenvalue weighted by Crippen LogP contribution is -2.23. The summed E-state index contributed by atoms with van der Waals surface area (Å²) < 4.78 is 1.53. The molecule has 3 aromatic rings. The minimum Gasteiger partial charge on any atom is -0.366 e. The van der Waals surface area contributed by atoms with Crippen LogP contribution in [0.15, 0.2) is 53.7 Å². The lowest BCUT2D eigenvalue weighted by Gasteiger charge is -2.12. The average Bonchev–Trinajstić information content (AvgIpc) is 3.10. The molecule has 1 aromatic heterocycles. The summed E-state index contributed by atoms with van der Waals surface area (Å²) >= 11 is 7.12. The van der Waals surface area contributed by atoms with Gasteiger partial charge in [-0.1, -0.05) is 23.4 Å². The van der Waals surface area contributed by atoms with Gasteiger partial charge in [-0.3, -0.25) is 9.59 Å². The Morgan fingerprint density at radius 1 is 1.15 bits per heavy atom. The van der Waals surface area contributed by atoms with E-state index in [1.54, 1.807) is 55.5 Å². The number of carbonyl (C=O) groups is 2. The zero-order chi connectivity index (χ0) is 19.4. The monoisotopic (exact) mass is 402 g/mol. The Balaban J connectivity index is 1.67. The Hall–Kier alpha value is -2.91. The number of tetrazole rings is 1. The topological polar surface area (TPSA) is 116 Å². The number of aromatic nitrogens is 4. The van der Waals surface area contributed by atoms with E-state index >= 15 is 0 Å². The molecule has 0 saturated heterocycles. The Labute approximate surface area is 164 Å². The molecule has 8 nitrogen and oxygen atoms in total. The zero-order valence-corrected chi connectivity index (χ0v) is 15.7. The summed E-state index contributed by atoms with van der Waals surface area (Å²) in [5, 5.41) is 15.0. The summed E-state index contributed by atoms with van der Waals surface area (Å²) in [5.74, 6) is -0.747. The molecule has 0 fully saturated rings. The number of hydrogen-bond donors (Lipinski definition) is 2. The van der Waals surface area contributed by atoms with Gasteiger partial charge in [0, 0.05) is 16.3 Å². The second kappa shape index (κ2) is 8.19. The summed E-state index contributed by atoms with van der Waals surface area (Å²) in [6, 6.07) is 13.4. The second-order valence-electron chi connectivity index (χ2n) is 5.54. The highest BCUT2D eigenvalue weighted by atomic mass is 35.5. The van der Waals surface area contributed by atoms with Crippen molar-refractivity contribution in [1.29, 1.82) is 0 Å². The summed E-state index contributed by atoms with van der Waals surface area (Å²) in [6.45, 7) is 1.75. The molecule has 27 heavy (non-hydrogen) atoms. The molecule has 0 saturated carbocycles. The number of nitrogens with two attached hydrogens (primary N) is 1. The summed E-state index contributed by atoms with van der Waals surface area (Å²) in [7, 11) is 0. The van der Waals surface area contributed by atoms with E-state index in [1.807, 2.05) is 0 Å². The number of primary amides is 1. The van der Waals surface area contributed by atoms with E-state index in [9.17, 15) is 9.59 Å². The third kappa shape index (κ3) is 4.63. The fourth-order valence-corrected chi connectivity index (χ4v) is 3.10. The van der Waals surface area contributed by atoms with Crippen LogP contribution in [-0.4, -0.2) is 37.3 Å². The first-order valence-corrected chi connectivity index (χ1v) is 9.11. The second-order valence-corrected chi connectivity index (χ2v) is 7.29. The average molecular weight is 403 g/mol. The van der Waals surface area contributed by atoms with Crippen LogP contribution >= 0.6 is 23.4 Å². The molecule has 0 radical (unpaired) electrons. The number of nitrogens with one attached hydrogen (secondary N) is 1. The van der Waals surface area contributed by atoms with Crippen LogP contribution in [-0.2, 0) is 4.79 Å². The van der Waals surface area contributed by atoms with Gasteiger partial charge in [-0.15, -0.1) is 5.10 Å². The highest BCUT2D eigenvalue weighted by Crippen LogP contribution is 2.24. The van der Waals surface area contributed by atoms with Crippen molar-refractivity contribution < 1.29 is 9.59 Å². The van der Waals surface area contributed by atoms with Gasteiger partial charge < -0.3 is 11.1 Å². The van der Waals surface area contributed by atoms with Crippen LogP contribution in [0.4, 0.5) is 5.69 Å². The van der Waals surface area contributed by atoms with Gasteiger partial charge in [0.2, 0.25) is 17.0 Å². The van der Waals surface area contributed by atoms with Crippen molar-refractivity contribution in [3.63, 3.8) is 0 Å². The molecule has 3 rings (SSSR count). The number of amides is 2. The fourth-order valence-electron chi connectivity index (χ4n) is 2.17. The van der Waals surface area contributed by atoms with Gasteiger partial charge in [0.05, 0.1) is 10.9 Å². The van der Waals surface area contributed by atoms with Crippen LogP contribution in [0, 0.1) is 0 Å². The molecule has 138 valence electrons. The zero-order valence-electron chi connectivity index (χ0n) is 14.2. The van der Waals surface area contributed by atoms with E-state index < -0.39 is 11.2 Å². The van der Waals surface area contributed by atoms with Gasteiger partial charge in [0.25, 0.3) is 0 Å². The third-order valence-corrected chi connectivity index (χ3v) is 4.89. The predicted molar refractivity (Wildman–Crippen MR) is 103 cm³/mol. The molecule has 3 N–H and O–H groups in total. The van der Waals surface area contributed by atoms with Gasteiger partial charge in [0.1, 0.15) is 0 Å². The molecule has 2 amide bonds. The molecule has 1 atom stereocenters. The first kappa shape index (κ1) is 18.9. The Kier molecular flexibility index (Phi) is 5.72. The molecule has 0 bridgehead atoms. The minimum atomic E-state index is -0.522. The number of thioether (sulfide) groups is 1. The van der Waals surface area contributed by atoms with Gasteiger partial charge in [-0.25, -0.2) is 0 Å². The van der Waals surface area contributed by atoms with E-state index in [4.69, 9.17) is 17.3 Å². The van der Waals surface area contributed by atoms with Crippen LogP contribution < -0.4 is 11.1 Å². The Morgan fingerprint density at radius 3 is 2.44 bits per heavy atom. The van der Waals surface area contributed by atoms with Crippen molar-refractivity contribution in [3.05, 3.63) is 59.1 Å². The van der Waals surface area contributed by atoms with Crippen molar-refractivity contribution in [3.8, 4) is 5.69 Å². The molecule has 0 spiro atoms. The van der Waals surface area contributed by atoms with E-state index in [2.05, 4.69) is 20.8 Å². The molecule has 1 heterocycles. The normalized spacial score (nSPS) is 11.8. The fraction of sp³-hybridized carbons (Fsp3) is 0.118. The van der Waals surface area contributed by atoms with Crippen molar-refractivity contribution in [2.45, 2.75) is 17.3 Å². The maximum absolute atomic E-state index is 12.4. The lowest BCUT2D eigenvalue weighted by molar-refractivity contribution is -0.115. The number of halogens is 1. The van der Waals surface area contributed by atoms with E-state index in [0.29, 0.717) is 21.4 Å². The standard InChI is InChI=1S/C17H15ClN6O2S/c1-10(16(26)20-13-6-2-11(3-7-13)15(19)25)27-17-21-22-23-24(17)14-8-4-12(18)5-9-14/h2-10H,1H3,(H2,19,25)(H,20,26)/t10-/m0/s1. The summed E-state index contributed by atoms with van der Waals surface area (Å²) in [6.07, 6.45) is 0. The number of benzene rings is 2. The smallest absolute Gasteiger partial charge is 0.248 e. The number of anilines is 1. The molecular weight excluding hydrogens is 388 g/mol. The number of carbonyl (C=O) groups excluding carboxylic acids is 2. The van der Waals surface area contributed by atoms with Gasteiger partial charge >= 0.3 is 0 Å². The van der Waals surface area contributed by atoms with Crippen molar-refractivity contribution >= 4 is 40.9 Å². The first-order chi connectivity index (χ1) is 12.9. The van der Waals surface area contributed by atoms with Crippen LogP contribution in [0.5, 0.6) is 0 Å². The molecule has 0 unspecified atom stereocenters. The highest BCUT2D eigenvalue weighted by molar-refractivity contribution is 8.00. The molecular formula is C17H15ClN6O2S. The number of rotatable bonds is 6. The van der Waals surface area contributed by atoms with E-state index in [-0.39, 0.29) is 5.91 Å². The van der Waals surface area contributed by atoms with Crippen LogP contribution in [0.3, 0.4) is 0 Å². The minimum absolute atomic E-state index is 0.225. The van der Waals surface area contributed by atoms with Crippen molar-refractivity contribution in [2.24, 2.45) is 5.73 Å². The van der Waals surface area contributed by atoms with Crippen LogP contribution in [0.25, 0.3) is 5.69 Å². The Morgan fingerprint density at radius 2 is 1.81 bits per heavy atom. The van der Waals surface area contributed by atoms with Gasteiger partial charge in [0.15, 0.2) is 0 Å². The quantitative estimate of drug-likeness (QED) is 0.612. The number of hydrogen-bond acceptors (Lipinski definition) is 6. The highest BCUT2D eigenvalue weighted by Gasteiger charge is 2.19. The van der Waals surface area contributed by atoms with E-state index in [0.717, 1.165) is 5.69 Å². The predicted octanol–water partition coefficient (Wildman–Crippen LogP) is 2.53. The maximum Gasteiger partial charge on any atom is 0.248 e. The third-order valence-electron chi connectivity index (χ3n) is 3.60. The van der Waals surface area contributed by atoms with Gasteiger partial charge in [-0.2, -0.15) is 4.68 Å². The van der Waals surface area contributed by atoms with Crippen LogP contribution in [0.1, 0.15) is 17.3 Å². The SMILES string of the molecule is C[C@H](Sc1nnnn1-c1ccc(Cl)cc1)C(=O)Nc1ccc(C(N)=O)cc1. The van der Waals surface area contributed by atoms with Crippen molar-refractivity contribution in [1.82, 2.24) is 20.2 Å². The Bertz CT molecular complexity index is 958. The number of nitrogens with zero attached hydrogens (tertiary/aromatic N) is 4. The summed E-state index contributed by atoms with van der Waals surface area (Å²) in [5.41, 5.74) is 6.88. The molecule has 0 aliphatic rings. The maximum atomic E-state index is 12.4. The molecule has 0 aliphatic heterocycles. The molecule has 0 aliphatic carbocycles. The largest absolute Gasteiger partial charge is 0.366 e.